The smallest absolute Gasteiger partial charge is 0.261 e. The molecule has 0 saturated carbocycles. The topological polar surface area (TPSA) is 75.3 Å². The quantitative estimate of drug-likeness (QED) is 0.523. The molecular weight excluding hydrogens is 423 g/mol. The normalized spacial score (nSPS) is 11.1. The highest BCUT2D eigenvalue weighted by Gasteiger charge is 2.14. The first-order chi connectivity index (χ1) is 14.3. The minimum atomic E-state index is -3.81. The van der Waals surface area contributed by atoms with Gasteiger partial charge in [0.2, 0.25) is 5.91 Å². The van der Waals surface area contributed by atoms with Gasteiger partial charge in [0, 0.05) is 17.1 Å². The molecule has 156 valence electrons. The Morgan fingerprint density at radius 1 is 0.933 bits per heavy atom. The lowest BCUT2D eigenvalue weighted by atomic mass is 10.1. The Morgan fingerprint density at radius 2 is 1.57 bits per heavy atom. The van der Waals surface area contributed by atoms with Crippen LogP contribution in [0, 0.1) is 12.7 Å². The molecule has 0 radical (unpaired) electrons. The van der Waals surface area contributed by atoms with Gasteiger partial charge in [-0.15, -0.1) is 11.8 Å². The second kappa shape index (κ2) is 9.77. The molecule has 0 aliphatic heterocycles. The van der Waals surface area contributed by atoms with Gasteiger partial charge in [0.05, 0.1) is 10.6 Å². The van der Waals surface area contributed by atoms with Crippen LogP contribution < -0.4 is 10.0 Å². The Morgan fingerprint density at radius 3 is 2.23 bits per heavy atom. The molecule has 3 aromatic carbocycles. The van der Waals surface area contributed by atoms with Crippen LogP contribution in [0.15, 0.2) is 77.7 Å². The molecule has 2 N–H and O–H groups in total. The van der Waals surface area contributed by atoms with Crippen LogP contribution in [0.3, 0.4) is 0 Å². The third-order valence-corrected chi connectivity index (χ3v) is 6.68. The lowest BCUT2D eigenvalue weighted by molar-refractivity contribution is -0.113. The number of rotatable bonds is 8. The largest absolute Gasteiger partial charge is 0.325 e. The van der Waals surface area contributed by atoms with E-state index in [1.807, 2.05) is 31.2 Å². The number of amides is 1. The number of hydrogen-bond donors (Lipinski definition) is 2. The molecule has 0 heterocycles. The van der Waals surface area contributed by atoms with Gasteiger partial charge >= 0.3 is 0 Å². The standard InChI is InChI=1S/C22H21FN2O3S2/c1-16-4-2-3-5-17(16)14-29-15-22(26)24-19-10-12-21(13-11-19)30(27,28)25-20-8-6-18(23)7-9-20/h2-13,25H,14-15H2,1H3,(H,24,26). The molecule has 0 spiro atoms. The molecule has 0 aliphatic carbocycles. The molecule has 0 aliphatic rings. The highest BCUT2D eigenvalue weighted by molar-refractivity contribution is 7.99. The van der Waals surface area contributed by atoms with Gasteiger partial charge in [-0.3, -0.25) is 9.52 Å². The molecule has 0 aromatic heterocycles. The molecule has 0 atom stereocenters. The SMILES string of the molecule is Cc1ccccc1CSCC(=O)Nc1ccc(S(=O)(=O)Nc2ccc(F)cc2)cc1. The van der Waals surface area contributed by atoms with Gasteiger partial charge in [0.15, 0.2) is 0 Å². The Kier molecular flexibility index (Phi) is 7.12. The van der Waals surface area contributed by atoms with Gasteiger partial charge in [-0.2, -0.15) is 0 Å². The number of halogens is 1. The van der Waals surface area contributed by atoms with Crippen LogP contribution in [0.5, 0.6) is 0 Å². The number of carbonyl (C=O) groups is 1. The lowest BCUT2D eigenvalue weighted by Crippen LogP contribution is -2.15. The van der Waals surface area contributed by atoms with E-state index in [0.29, 0.717) is 11.4 Å². The average molecular weight is 445 g/mol. The van der Waals surface area contributed by atoms with E-state index in [0.717, 1.165) is 5.75 Å². The Bertz CT molecular complexity index is 1120. The predicted molar refractivity (Wildman–Crippen MR) is 120 cm³/mol. The number of hydrogen-bond acceptors (Lipinski definition) is 4. The molecule has 3 rings (SSSR count). The van der Waals surface area contributed by atoms with Crippen molar-refractivity contribution in [1.82, 2.24) is 0 Å². The summed E-state index contributed by atoms with van der Waals surface area (Å²) in [6.45, 7) is 2.04. The van der Waals surface area contributed by atoms with Crippen molar-refractivity contribution in [3.63, 3.8) is 0 Å². The molecule has 0 unspecified atom stereocenters. The maximum absolute atomic E-state index is 13.0. The number of carbonyl (C=O) groups excluding carboxylic acids is 1. The summed E-state index contributed by atoms with van der Waals surface area (Å²) in [5.74, 6) is 0.427. The molecule has 0 saturated heterocycles. The first-order valence-corrected chi connectivity index (χ1v) is 11.8. The fraction of sp³-hybridized carbons (Fsp3) is 0.136. The van der Waals surface area contributed by atoms with E-state index < -0.39 is 15.8 Å². The highest BCUT2D eigenvalue weighted by atomic mass is 32.2. The van der Waals surface area contributed by atoms with E-state index in [9.17, 15) is 17.6 Å². The van der Waals surface area contributed by atoms with Crippen molar-refractivity contribution in [2.75, 3.05) is 15.8 Å². The summed E-state index contributed by atoms with van der Waals surface area (Å²) in [6.07, 6.45) is 0. The van der Waals surface area contributed by atoms with Gasteiger partial charge in [0.1, 0.15) is 5.82 Å². The molecule has 1 amide bonds. The van der Waals surface area contributed by atoms with Crippen molar-refractivity contribution in [3.8, 4) is 0 Å². The van der Waals surface area contributed by atoms with E-state index in [2.05, 4.69) is 10.0 Å². The van der Waals surface area contributed by atoms with Crippen molar-refractivity contribution < 1.29 is 17.6 Å². The number of nitrogens with one attached hydrogen (secondary N) is 2. The Hall–Kier alpha value is -2.84. The maximum atomic E-state index is 13.0. The molecule has 30 heavy (non-hydrogen) atoms. The minimum Gasteiger partial charge on any atom is -0.325 e. The van der Waals surface area contributed by atoms with Gasteiger partial charge in [-0.25, -0.2) is 12.8 Å². The second-order valence-corrected chi connectivity index (χ2v) is 9.27. The van der Waals surface area contributed by atoms with Gasteiger partial charge in [-0.1, -0.05) is 24.3 Å². The van der Waals surface area contributed by atoms with Gasteiger partial charge in [0.25, 0.3) is 10.0 Å². The van der Waals surface area contributed by atoms with Gasteiger partial charge < -0.3 is 5.32 Å². The molecule has 3 aromatic rings. The summed E-state index contributed by atoms with van der Waals surface area (Å²) in [6, 6.07) is 18.9. The molecular formula is C22H21FN2O3S2. The summed E-state index contributed by atoms with van der Waals surface area (Å²) in [4.78, 5) is 12.2. The predicted octanol–water partition coefficient (Wildman–Crippen LogP) is 4.81. The van der Waals surface area contributed by atoms with Crippen LogP contribution in [-0.4, -0.2) is 20.1 Å². The number of aryl methyl sites for hydroxylation is 1. The van der Waals surface area contributed by atoms with Crippen molar-refractivity contribution in [2.45, 2.75) is 17.6 Å². The van der Waals surface area contributed by atoms with E-state index in [-0.39, 0.29) is 16.5 Å². The Labute approximate surface area is 179 Å². The zero-order valence-electron chi connectivity index (χ0n) is 16.3. The van der Waals surface area contributed by atoms with E-state index in [1.54, 1.807) is 0 Å². The van der Waals surface area contributed by atoms with Crippen LogP contribution in [-0.2, 0) is 20.6 Å². The fourth-order valence-electron chi connectivity index (χ4n) is 2.67. The minimum absolute atomic E-state index is 0.0405. The summed E-state index contributed by atoms with van der Waals surface area (Å²) in [7, 11) is -3.81. The number of anilines is 2. The fourth-order valence-corrected chi connectivity index (χ4v) is 4.63. The van der Waals surface area contributed by atoms with Crippen molar-refractivity contribution in [2.24, 2.45) is 0 Å². The van der Waals surface area contributed by atoms with E-state index >= 15 is 0 Å². The summed E-state index contributed by atoms with van der Waals surface area (Å²) >= 11 is 1.51. The van der Waals surface area contributed by atoms with E-state index in [4.69, 9.17) is 0 Å². The first-order valence-electron chi connectivity index (χ1n) is 9.14. The summed E-state index contributed by atoms with van der Waals surface area (Å²) in [5.41, 5.74) is 3.16. The van der Waals surface area contributed by atoms with Crippen LogP contribution in [0.2, 0.25) is 0 Å². The van der Waals surface area contributed by atoms with Crippen molar-refractivity contribution >= 4 is 39.1 Å². The average Bonchev–Trinajstić information content (AvgIpc) is 2.71. The lowest BCUT2D eigenvalue weighted by Gasteiger charge is -2.10. The number of benzene rings is 3. The zero-order chi connectivity index (χ0) is 21.6. The molecule has 8 heteroatoms. The number of sulfonamides is 1. The highest BCUT2D eigenvalue weighted by Crippen LogP contribution is 2.20. The molecule has 5 nitrogen and oxygen atoms in total. The van der Waals surface area contributed by atoms with Crippen LogP contribution >= 0.6 is 11.8 Å². The van der Waals surface area contributed by atoms with Crippen LogP contribution in [0.4, 0.5) is 15.8 Å². The van der Waals surface area contributed by atoms with Crippen LogP contribution in [0.1, 0.15) is 11.1 Å². The third-order valence-electron chi connectivity index (χ3n) is 4.30. The second-order valence-electron chi connectivity index (χ2n) is 6.60. The first kappa shape index (κ1) is 21.9. The summed E-state index contributed by atoms with van der Waals surface area (Å²) < 4.78 is 40.2. The van der Waals surface area contributed by atoms with Crippen molar-refractivity contribution in [3.05, 3.63) is 89.7 Å². The van der Waals surface area contributed by atoms with Gasteiger partial charge in [-0.05, 0) is 66.6 Å². The van der Waals surface area contributed by atoms with Crippen LogP contribution in [0.25, 0.3) is 0 Å². The number of thioether (sulfide) groups is 1. The molecule has 0 fully saturated rings. The van der Waals surface area contributed by atoms with E-state index in [1.165, 1.54) is 71.4 Å². The summed E-state index contributed by atoms with van der Waals surface area (Å²) in [5, 5.41) is 2.76. The zero-order valence-corrected chi connectivity index (χ0v) is 17.9. The van der Waals surface area contributed by atoms with Crippen molar-refractivity contribution in [1.29, 1.82) is 0 Å². The molecule has 0 bridgehead atoms. The maximum Gasteiger partial charge on any atom is 0.261 e. The Balaban J connectivity index is 1.54. The third kappa shape index (κ3) is 6.08. The monoisotopic (exact) mass is 444 g/mol.